The Hall–Kier alpha value is -3.55. The van der Waals surface area contributed by atoms with E-state index in [-0.39, 0.29) is 42.2 Å². The van der Waals surface area contributed by atoms with Crippen molar-refractivity contribution in [1.82, 2.24) is 14.7 Å². The number of rotatable bonds is 16. The lowest BCUT2D eigenvalue weighted by molar-refractivity contribution is -0.151. The van der Waals surface area contributed by atoms with Crippen molar-refractivity contribution in [2.24, 2.45) is 11.8 Å². The maximum Gasteiger partial charge on any atom is 0.248 e. The van der Waals surface area contributed by atoms with Gasteiger partial charge < -0.3 is 34.0 Å². The Morgan fingerprint density at radius 2 is 1.78 bits per heavy atom. The fraction of sp³-hybridized carbons (Fsp3) is 0.513. The third-order valence-electron chi connectivity index (χ3n) is 10.7. The number of alkyl halides is 1. The molecule has 1 spiro atoms. The highest BCUT2D eigenvalue weighted by atomic mass is 79.9. The number of morpholine rings is 1. The van der Waals surface area contributed by atoms with E-state index in [0.717, 1.165) is 18.7 Å². The number of fused-ring (bicyclic) bond motifs is 1. The first-order valence-corrected chi connectivity index (χ1v) is 18.8. The maximum absolute atomic E-state index is 15.0. The summed E-state index contributed by atoms with van der Waals surface area (Å²) in [5.74, 6) is -2.01. The lowest BCUT2D eigenvalue weighted by Gasteiger charge is -2.40. The van der Waals surface area contributed by atoms with Crippen LogP contribution in [0.1, 0.15) is 18.9 Å². The van der Waals surface area contributed by atoms with Gasteiger partial charge in [0.1, 0.15) is 17.4 Å². The van der Waals surface area contributed by atoms with Crippen molar-refractivity contribution in [3.8, 4) is 5.75 Å². The molecule has 2 aromatic carbocycles. The number of likely N-dealkylation sites (tertiary alicyclic amines) is 1. The second-order valence-electron chi connectivity index (χ2n) is 13.6. The number of halogens is 1. The topological polar surface area (TPSA) is 112 Å². The third-order valence-corrected chi connectivity index (χ3v) is 11.5. The largest absolute Gasteiger partial charge is 0.494 e. The van der Waals surface area contributed by atoms with Crippen LogP contribution in [0.25, 0.3) is 0 Å². The van der Waals surface area contributed by atoms with E-state index in [1.807, 2.05) is 61.5 Å². The van der Waals surface area contributed by atoms with E-state index in [9.17, 15) is 9.90 Å². The average Bonchev–Trinajstić information content (AvgIpc) is 3.75. The molecule has 4 heterocycles. The zero-order chi connectivity index (χ0) is 36.1. The van der Waals surface area contributed by atoms with Crippen LogP contribution in [0.4, 0.5) is 5.69 Å². The van der Waals surface area contributed by atoms with Crippen molar-refractivity contribution in [2.45, 2.75) is 48.4 Å². The third kappa shape index (κ3) is 7.26. The van der Waals surface area contributed by atoms with E-state index in [4.69, 9.17) is 14.2 Å². The van der Waals surface area contributed by atoms with E-state index < -0.39 is 35.6 Å². The predicted octanol–water partition coefficient (Wildman–Crippen LogP) is 3.30. The molecule has 274 valence electrons. The summed E-state index contributed by atoms with van der Waals surface area (Å²) < 4.78 is 18.0. The Kier molecular flexibility index (Phi) is 12.0. The predicted molar refractivity (Wildman–Crippen MR) is 198 cm³/mol. The first kappa shape index (κ1) is 37.2. The van der Waals surface area contributed by atoms with E-state index >= 15 is 9.59 Å². The number of anilines is 1. The molecule has 12 heteroatoms. The molecule has 6 rings (SSSR count). The second kappa shape index (κ2) is 16.4. The van der Waals surface area contributed by atoms with Crippen LogP contribution in [0, 0.1) is 11.8 Å². The van der Waals surface area contributed by atoms with Gasteiger partial charge in [-0.25, -0.2) is 0 Å². The van der Waals surface area contributed by atoms with Gasteiger partial charge in [-0.05, 0) is 49.6 Å². The SMILES string of the molecule is C=CCN(CCN1CCOCC1)C(=O)C1N([C@@H](CO)Cc2ccccc2)C(=O)[C@@H]2[C@H](C(=O)N(CC=C)c3ccc(OCC)cc3)[C@H]3OC12CC3Br. The number of aliphatic hydroxyl groups is 1. The average molecular weight is 766 g/mol. The number of hydrogen-bond acceptors (Lipinski definition) is 8. The molecule has 2 aromatic rings. The number of ether oxygens (including phenoxy) is 3. The summed E-state index contributed by atoms with van der Waals surface area (Å²) in [4.78, 5) is 51.7. The number of carbonyl (C=O) groups excluding carboxylic acids is 3. The molecule has 7 atom stereocenters. The normalized spacial score (nSPS) is 27.5. The summed E-state index contributed by atoms with van der Waals surface area (Å²) in [5, 5.41) is 10.9. The number of carbonyl (C=O) groups is 3. The van der Waals surface area contributed by atoms with Crippen LogP contribution < -0.4 is 9.64 Å². The quantitative estimate of drug-likeness (QED) is 0.205. The van der Waals surface area contributed by atoms with Crippen molar-refractivity contribution < 1.29 is 33.7 Å². The Labute approximate surface area is 308 Å². The monoisotopic (exact) mass is 764 g/mol. The maximum atomic E-state index is 15.0. The summed E-state index contributed by atoms with van der Waals surface area (Å²) in [6.07, 6.45) is 3.41. The van der Waals surface area contributed by atoms with Crippen LogP contribution in [0.2, 0.25) is 0 Å². The summed E-state index contributed by atoms with van der Waals surface area (Å²) in [6, 6.07) is 15.1. The Morgan fingerprint density at radius 1 is 1.08 bits per heavy atom. The van der Waals surface area contributed by atoms with Crippen LogP contribution in [-0.4, -0.2) is 132 Å². The van der Waals surface area contributed by atoms with Gasteiger partial charge in [0.05, 0.1) is 50.4 Å². The highest BCUT2D eigenvalue weighted by Crippen LogP contribution is 2.61. The molecule has 4 aliphatic heterocycles. The number of aliphatic hydroxyl groups excluding tert-OH is 1. The van der Waals surface area contributed by atoms with Crippen LogP contribution in [-0.2, 0) is 30.3 Å². The lowest BCUT2D eigenvalue weighted by atomic mass is 9.70. The molecule has 0 aromatic heterocycles. The van der Waals surface area contributed by atoms with Crippen molar-refractivity contribution >= 4 is 39.3 Å². The van der Waals surface area contributed by atoms with Crippen molar-refractivity contribution in [3.63, 3.8) is 0 Å². The van der Waals surface area contributed by atoms with E-state index in [0.29, 0.717) is 57.2 Å². The molecule has 51 heavy (non-hydrogen) atoms. The van der Waals surface area contributed by atoms with E-state index in [2.05, 4.69) is 34.0 Å². The fourth-order valence-corrected chi connectivity index (χ4v) is 9.33. The van der Waals surface area contributed by atoms with Gasteiger partial charge in [-0.3, -0.25) is 19.3 Å². The van der Waals surface area contributed by atoms with Gasteiger partial charge in [0.25, 0.3) is 0 Å². The first-order valence-electron chi connectivity index (χ1n) is 17.9. The molecule has 4 aliphatic rings. The Balaban J connectivity index is 1.38. The smallest absolute Gasteiger partial charge is 0.248 e. The number of amides is 3. The van der Waals surface area contributed by atoms with Gasteiger partial charge in [0, 0.05) is 49.8 Å². The zero-order valence-electron chi connectivity index (χ0n) is 29.3. The standard InChI is InChI=1S/C39H49BrN4O7/c1-4-16-42(19-18-41-20-22-49-23-21-41)38(48)35-39-25-31(40)34(51-39)32(36(46)43(17-5-2)28-12-14-30(15-13-28)50-6-3)33(39)37(47)44(35)29(26-45)24-27-10-8-7-9-11-27/h4-5,7-15,29,31-35,45H,1-2,6,16-26H2,3H3/t29-,31?,32+,33+,34+,35?,39?/m1/s1. The molecule has 4 saturated heterocycles. The van der Waals surface area contributed by atoms with Gasteiger partial charge in [-0.1, -0.05) is 58.4 Å². The highest BCUT2D eigenvalue weighted by molar-refractivity contribution is 9.09. The number of benzene rings is 2. The first-order chi connectivity index (χ1) is 24.8. The minimum absolute atomic E-state index is 0.213. The summed E-state index contributed by atoms with van der Waals surface area (Å²) in [5.41, 5.74) is 0.275. The van der Waals surface area contributed by atoms with Gasteiger partial charge >= 0.3 is 0 Å². The van der Waals surface area contributed by atoms with Crippen molar-refractivity contribution in [3.05, 3.63) is 85.5 Å². The highest BCUT2D eigenvalue weighted by Gasteiger charge is 2.77. The lowest BCUT2D eigenvalue weighted by Crippen LogP contribution is -2.60. The van der Waals surface area contributed by atoms with Crippen LogP contribution in [0.3, 0.4) is 0 Å². The van der Waals surface area contributed by atoms with Gasteiger partial charge in [-0.2, -0.15) is 0 Å². The Bertz CT molecular complexity index is 1550. The molecular weight excluding hydrogens is 716 g/mol. The van der Waals surface area contributed by atoms with Gasteiger partial charge in [-0.15, -0.1) is 13.2 Å². The number of nitrogens with zero attached hydrogens (tertiary/aromatic N) is 4. The van der Waals surface area contributed by atoms with Gasteiger partial charge in [0.15, 0.2) is 0 Å². The van der Waals surface area contributed by atoms with Crippen molar-refractivity contribution in [1.29, 1.82) is 0 Å². The molecular formula is C39H49BrN4O7. The molecule has 3 amide bonds. The molecule has 0 radical (unpaired) electrons. The molecule has 1 N–H and O–H groups in total. The van der Waals surface area contributed by atoms with E-state index in [1.54, 1.807) is 26.9 Å². The fourth-order valence-electron chi connectivity index (χ4n) is 8.39. The molecule has 0 saturated carbocycles. The second-order valence-corrected chi connectivity index (χ2v) is 14.8. The van der Waals surface area contributed by atoms with Crippen LogP contribution in [0.15, 0.2) is 79.9 Å². The summed E-state index contributed by atoms with van der Waals surface area (Å²) in [6.45, 7) is 14.3. The minimum atomic E-state index is -1.28. The van der Waals surface area contributed by atoms with Crippen LogP contribution in [0.5, 0.6) is 5.75 Å². The van der Waals surface area contributed by atoms with E-state index in [1.165, 1.54) is 0 Å². The Morgan fingerprint density at radius 3 is 2.43 bits per heavy atom. The molecule has 3 unspecified atom stereocenters. The zero-order valence-corrected chi connectivity index (χ0v) is 30.9. The minimum Gasteiger partial charge on any atom is -0.494 e. The number of hydrogen-bond donors (Lipinski definition) is 1. The van der Waals surface area contributed by atoms with Crippen LogP contribution >= 0.6 is 15.9 Å². The summed E-state index contributed by atoms with van der Waals surface area (Å²) >= 11 is 3.81. The molecule has 2 bridgehead atoms. The van der Waals surface area contributed by atoms with Gasteiger partial charge in [0.2, 0.25) is 17.7 Å². The van der Waals surface area contributed by atoms with Crippen molar-refractivity contribution in [2.75, 3.05) is 70.6 Å². The molecule has 11 nitrogen and oxygen atoms in total. The molecule has 0 aliphatic carbocycles. The molecule has 4 fully saturated rings. The summed E-state index contributed by atoms with van der Waals surface area (Å²) in [7, 11) is 0.